The Morgan fingerprint density at radius 3 is 2.60 bits per heavy atom. The van der Waals surface area contributed by atoms with Crippen LogP contribution < -0.4 is 4.74 Å². The molecule has 0 saturated carbocycles. The van der Waals surface area contributed by atoms with Gasteiger partial charge in [0.25, 0.3) is 0 Å². The Bertz CT molecular complexity index is 307. The van der Waals surface area contributed by atoms with Crippen LogP contribution in [0.15, 0.2) is 18.2 Å². The molecule has 1 N–H and O–H groups in total. The second-order valence-corrected chi connectivity index (χ2v) is 3.83. The number of benzene rings is 1. The molecule has 15 heavy (non-hydrogen) atoms. The third-order valence-corrected chi connectivity index (χ3v) is 2.81. The van der Waals surface area contributed by atoms with Crippen molar-refractivity contribution in [2.75, 3.05) is 7.11 Å². The molecule has 0 aliphatic carbocycles. The lowest BCUT2D eigenvalue weighted by Crippen LogP contribution is -1.97. The van der Waals surface area contributed by atoms with Crippen LogP contribution in [0, 0.1) is 0 Å². The second-order valence-electron chi connectivity index (χ2n) is 3.83. The summed E-state index contributed by atoms with van der Waals surface area (Å²) in [5, 5.41) is 9.49. The Labute approximate surface area is 91.9 Å². The van der Waals surface area contributed by atoms with E-state index in [1.165, 1.54) is 18.4 Å². The highest BCUT2D eigenvalue weighted by Gasteiger charge is 2.10. The Morgan fingerprint density at radius 2 is 2.07 bits per heavy atom. The van der Waals surface area contributed by atoms with E-state index in [1.54, 1.807) is 13.2 Å². The molecule has 0 saturated heterocycles. The lowest BCUT2D eigenvalue weighted by molar-refractivity contribution is 0.372. The largest absolute Gasteiger partial charge is 0.504 e. The van der Waals surface area contributed by atoms with Crippen molar-refractivity contribution in [2.24, 2.45) is 0 Å². The van der Waals surface area contributed by atoms with Gasteiger partial charge in [-0.15, -0.1) is 0 Å². The van der Waals surface area contributed by atoms with Crippen molar-refractivity contribution in [3.63, 3.8) is 0 Å². The van der Waals surface area contributed by atoms with Crippen molar-refractivity contribution < 1.29 is 9.84 Å². The van der Waals surface area contributed by atoms with Gasteiger partial charge in [-0.1, -0.05) is 26.3 Å². The fourth-order valence-electron chi connectivity index (χ4n) is 1.90. The number of rotatable bonds is 5. The molecule has 0 aromatic heterocycles. The average molecular weight is 208 g/mol. The van der Waals surface area contributed by atoms with Crippen LogP contribution in [0.4, 0.5) is 0 Å². The normalized spacial score (nSPS) is 12.5. The number of ether oxygens (including phenoxy) is 1. The number of phenols is 1. The van der Waals surface area contributed by atoms with Gasteiger partial charge in [0.1, 0.15) is 0 Å². The lowest BCUT2D eigenvalue weighted by atomic mass is 9.92. The molecule has 2 heteroatoms. The molecule has 1 rings (SSSR count). The molecule has 1 aromatic rings. The Balaban J connectivity index is 2.92. The molecule has 1 atom stereocenters. The van der Waals surface area contributed by atoms with Crippen LogP contribution in [0.2, 0.25) is 0 Å². The number of aromatic hydroxyl groups is 1. The van der Waals surface area contributed by atoms with Crippen LogP contribution in [0.3, 0.4) is 0 Å². The van der Waals surface area contributed by atoms with E-state index in [2.05, 4.69) is 13.8 Å². The van der Waals surface area contributed by atoms with Gasteiger partial charge < -0.3 is 9.84 Å². The minimum atomic E-state index is 0.215. The summed E-state index contributed by atoms with van der Waals surface area (Å²) in [6.07, 6.45) is 3.49. The van der Waals surface area contributed by atoms with Crippen molar-refractivity contribution in [1.82, 2.24) is 0 Å². The van der Waals surface area contributed by atoms with Gasteiger partial charge in [-0.05, 0) is 36.5 Å². The zero-order chi connectivity index (χ0) is 11.3. The van der Waals surface area contributed by atoms with Crippen molar-refractivity contribution in [3.8, 4) is 11.5 Å². The molecule has 0 radical (unpaired) electrons. The predicted octanol–water partition coefficient (Wildman–Crippen LogP) is 3.69. The van der Waals surface area contributed by atoms with Crippen molar-refractivity contribution >= 4 is 0 Å². The Kier molecular flexibility index (Phi) is 4.47. The predicted molar refractivity (Wildman–Crippen MR) is 62.6 cm³/mol. The summed E-state index contributed by atoms with van der Waals surface area (Å²) in [4.78, 5) is 0. The summed E-state index contributed by atoms with van der Waals surface area (Å²) in [7, 11) is 1.58. The van der Waals surface area contributed by atoms with E-state index in [0.717, 1.165) is 6.42 Å². The smallest absolute Gasteiger partial charge is 0.160 e. The van der Waals surface area contributed by atoms with E-state index >= 15 is 0 Å². The van der Waals surface area contributed by atoms with Gasteiger partial charge in [0.2, 0.25) is 0 Å². The highest BCUT2D eigenvalue weighted by molar-refractivity contribution is 5.42. The summed E-state index contributed by atoms with van der Waals surface area (Å²) >= 11 is 0. The average Bonchev–Trinajstić information content (AvgIpc) is 2.27. The molecule has 0 bridgehead atoms. The maximum Gasteiger partial charge on any atom is 0.160 e. The first-order chi connectivity index (χ1) is 7.22. The second kappa shape index (κ2) is 5.64. The van der Waals surface area contributed by atoms with E-state index in [9.17, 15) is 5.11 Å². The third-order valence-electron chi connectivity index (χ3n) is 2.81. The molecule has 0 heterocycles. The van der Waals surface area contributed by atoms with Crippen molar-refractivity contribution in [1.29, 1.82) is 0 Å². The highest BCUT2D eigenvalue weighted by atomic mass is 16.5. The Hall–Kier alpha value is -1.18. The van der Waals surface area contributed by atoms with Crippen LogP contribution in [-0.2, 0) is 0 Å². The first-order valence-corrected chi connectivity index (χ1v) is 5.59. The van der Waals surface area contributed by atoms with Gasteiger partial charge in [-0.25, -0.2) is 0 Å². The number of hydrogen-bond donors (Lipinski definition) is 1. The molecular formula is C13H20O2. The lowest BCUT2D eigenvalue weighted by Gasteiger charge is -2.15. The zero-order valence-electron chi connectivity index (χ0n) is 9.79. The van der Waals surface area contributed by atoms with Gasteiger partial charge in [0, 0.05) is 0 Å². The Morgan fingerprint density at radius 1 is 1.33 bits per heavy atom. The molecule has 0 fully saturated rings. The molecule has 0 spiro atoms. The molecule has 2 nitrogen and oxygen atoms in total. The quantitative estimate of drug-likeness (QED) is 0.799. The van der Waals surface area contributed by atoms with Crippen molar-refractivity contribution in [3.05, 3.63) is 23.8 Å². The first kappa shape index (κ1) is 11.9. The van der Waals surface area contributed by atoms with Crippen molar-refractivity contribution in [2.45, 2.75) is 39.0 Å². The fraction of sp³-hybridized carbons (Fsp3) is 0.538. The first-order valence-electron chi connectivity index (χ1n) is 5.59. The zero-order valence-corrected chi connectivity index (χ0v) is 9.79. The van der Waals surface area contributed by atoms with E-state index < -0.39 is 0 Å². The van der Waals surface area contributed by atoms with Crippen LogP contribution in [-0.4, -0.2) is 12.2 Å². The van der Waals surface area contributed by atoms with E-state index in [4.69, 9.17) is 4.74 Å². The molecule has 84 valence electrons. The maximum atomic E-state index is 9.49. The molecule has 1 unspecified atom stereocenters. The number of methoxy groups -OCH3 is 1. The third kappa shape index (κ3) is 2.88. The van der Waals surface area contributed by atoms with Crippen LogP contribution in [0.1, 0.15) is 44.6 Å². The summed E-state index contributed by atoms with van der Waals surface area (Å²) in [5.74, 6) is 1.36. The van der Waals surface area contributed by atoms with Gasteiger partial charge in [-0.2, -0.15) is 0 Å². The van der Waals surface area contributed by atoms with Crippen LogP contribution in [0.25, 0.3) is 0 Å². The minimum absolute atomic E-state index is 0.215. The van der Waals surface area contributed by atoms with Gasteiger partial charge >= 0.3 is 0 Å². The van der Waals surface area contributed by atoms with Crippen LogP contribution in [0.5, 0.6) is 11.5 Å². The monoisotopic (exact) mass is 208 g/mol. The number of hydrogen-bond acceptors (Lipinski definition) is 2. The molecule has 0 aliphatic rings. The van der Waals surface area contributed by atoms with Gasteiger partial charge in [0.15, 0.2) is 11.5 Å². The van der Waals surface area contributed by atoms with E-state index in [-0.39, 0.29) is 5.75 Å². The maximum absolute atomic E-state index is 9.49. The summed E-state index contributed by atoms with van der Waals surface area (Å²) in [6.45, 7) is 4.39. The standard InChI is InChI=1S/C13H20O2/c1-4-6-10(5-2)11-7-8-12(14)13(9-11)15-3/h7-10,14H,4-6H2,1-3H3. The topological polar surface area (TPSA) is 29.5 Å². The summed E-state index contributed by atoms with van der Waals surface area (Å²) < 4.78 is 5.11. The number of phenolic OH excluding ortho intramolecular Hbond substituents is 1. The van der Waals surface area contributed by atoms with E-state index in [0.29, 0.717) is 11.7 Å². The SMILES string of the molecule is CCCC(CC)c1ccc(O)c(OC)c1. The molecular weight excluding hydrogens is 188 g/mol. The molecule has 0 aliphatic heterocycles. The summed E-state index contributed by atoms with van der Waals surface area (Å²) in [6, 6.07) is 5.65. The van der Waals surface area contributed by atoms with Gasteiger partial charge in [-0.3, -0.25) is 0 Å². The van der Waals surface area contributed by atoms with E-state index in [1.807, 2.05) is 12.1 Å². The highest BCUT2D eigenvalue weighted by Crippen LogP contribution is 2.32. The van der Waals surface area contributed by atoms with Crippen LogP contribution >= 0.6 is 0 Å². The van der Waals surface area contributed by atoms with Gasteiger partial charge in [0.05, 0.1) is 7.11 Å². The fourth-order valence-corrected chi connectivity index (χ4v) is 1.90. The minimum Gasteiger partial charge on any atom is -0.504 e. The molecule has 0 amide bonds. The molecule has 1 aromatic carbocycles. The summed E-state index contributed by atoms with van der Waals surface area (Å²) in [5.41, 5.74) is 1.26.